The zero-order valence-corrected chi connectivity index (χ0v) is 14.4. The van der Waals surface area contributed by atoms with E-state index >= 15 is 0 Å². The monoisotopic (exact) mass is 322 g/mol. The van der Waals surface area contributed by atoms with Gasteiger partial charge in [0.1, 0.15) is 11.9 Å². The molecular weight excluding hydrogens is 296 g/mol. The van der Waals surface area contributed by atoms with Crippen molar-refractivity contribution in [1.29, 1.82) is 0 Å². The molecule has 0 saturated carbocycles. The Morgan fingerprint density at radius 1 is 1.13 bits per heavy atom. The molecule has 1 rings (SSSR count). The van der Waals surface area contributed by atoms with Crippen LogP contribution in [0.2, 0.25) is 0 Å². The average molecular weight is 322 g/mol. The first-order valence-electron chi connectivity index (χ1n) is 7.62. The van der Waals surface area contributed by atoms with Crippen LogP contribution in [0, 0.1) is 0 Å². The molecule has 0 aliphatic rings. The Labute approximate surface area is 137 Å². The lowest BCUT2D eigenvalue weighted by Gasteiger charge is -2.19. The molecule has 6 nitrogen and oxygen atoms in total. The molecule has 1 aromatic carbocycles. The lowest BCUT2D eigenvalue weighted by atomic mass is 10.1. The maximum Gasteiger partial charge on any atom is 0.407 e. The summed E-state index contributed by atoms with van der Waals surface area (Å²) >= 11 is 0. The van der Waals surface area contributed by atoms with Gasteiger partial charge >= 0.3 is 6.09 Å². The topological polar surface area (TPSA) is 84.5 Å². The summed E-state index contributed by atoms with van der Waals surface area (Å²) in [4.78, 5) is 33.8. The van der Waals surface area contributed by atoms with Crippen LogP contribution in [0.4, 0.5) is 4.79 Å². The van der Waals surface area contributed by atoms with Crippen LogP contribution in [-0.4, -0.2) is 37.0 Å². The van der Waals surface area contributed by atoms with E-state index in [2.05, 4.69) is 10.6 Å². The first-order valence-corrected chi connectivity index (χ1v) is 7.62. The summed E-state index contributed by atoms with van der Waals surface area (Å²) in [5.41, 5.74) is 0.286. The number of hydrogen-bond donors (Lipinski definition) is 2. The number of amides is 2. The van der Waals surface area contributed by atoms with E-state index in [4.69, 9.17) is 4.74 Å². The molecular formula is C17H26N2O4. The third-order valence-corrected chi connectivity index (χ3v) is 2.36. The number of aldehydes is 1. The van der Waals surface area contributed by atoms with Crippen molar-refractivity contribution >= 4 is 18.3 Å². The molecule has 2 amide bonds. The van der Waals surface area contributed by atoms with Crippen LogP contribution in [0.3, 0.4) is 0 Å². The predicted molar refractivity (Wildman–Crippen MR) is 89.7 cm³/mol. The normalized spacial score (nSPS) is 9.96. The lowest BCUT2D eigenvalue weighted by Crippen LogP contribution is -2.37. The Bertz CT molecular complexity index is 522. The van der Waals surface area contributed by atoms with Crippen molar-refractivity contribution < 1.29 is 19.1 Å². The SMILES string of the molecule is CC.CC(C)(C)OC(=O)NCCNC(=O)c1cccc(C=O)c1. The van der Waals surface area contributed by atoms with Gasteiger partial charge in [0.15, 0.2) is 0 Å². The Hall–Kier alpha value is -2.37. The van der Waals surface area contributed by atoms with Crippen molar-refractivity contribution in [1.82, 2.24) is 10.6 Å². The molecule has 0 aromatic heterocycles. The van der Waals surface area contributed by atoms with Crippen molar-refractivity contribution in [2.24, 2.45) is 0 Å². The minimum Gasteiger partial charge on any atom is -0.444 e. The van der Waals surface area contributed by atoms with E-state index in [0.29, 0.717) is 17.4 Å². The number of hydrogen-bond acceptors (Lipinski definition) is 4. The molecule has 0 unspecified atom stereocenters. The van der Waals surface area contributed by atoms with E-state index < -0.39 is 11.7 Å². The number of rotatable bonds is 5. The summed E-state index contributed by atoms with van der Waals surface area (Å²) in [6.07, 6.45) is 0.153. The van der Waals surface area contributed by atoms with Gasteiger partial charge in [0.2, 0.25) is 0 Å². The van der Waals surface area contributed by atoms with Crippen molar-refractivity contribution in [3.05, 3.63) is 35.4 Å². The van der Waals surface area contributed by atoms with Gasteiger partial charge in [-0.05, 0) is 32.9 Å². The largest absolute Gasteiger partial charge is 0.444 e. The Morgan fingerprint density at radius 3 is 2.30 bits per heavy atom. The highest BCUT2D eigenvalue weighted by Gasteiger charge is 2.15. The van der Waals surface area contributed by atoms with Gasteiger partial charge in [-0.15, -0.1) is 0 Å². The third kappa shape index (κ3) is 9.29. The quantitative estimate of drug-likeness (QED) is 0.645. The molecule has 0 atom stereocenters. The summed E-state index contributed by atoms with van der Waals surface area (Å²) in [7, 11) is 0. The molecule has 23 heavy (non-hydrogen) atoms. The number of carbonyl (C=O) groups excluding carboxylic acids is 3. The van der Waals surface area contributed by atoms with Crippen molar-refractivity contribution in [2.75, 3.05) is 13.1 Å². The van der Waals surface area contributed by atoms with E-state index in [0.717, 1.165) is 0 Å². The second-order valence-corrected chi connectivity index (χ2v) is 5.43. The smallest absolute Gasteiger partial charge is 0.407 e. The van der Waals surface area contributed by atoms with Gasteiger partial charge < -0.3 is 15.4 Å². The first kappa shape index (κ1) is 20.6. The molecule has 0 fully saturated rings. The van der Waals surface area contributed by atoms with E-state index in [-0.39, 0.29) is 19.0 Å². The van der Waals surface area contributed by atoms with Gasteiger partial charge in [-0.2, -0.15) is 0 Å². The molecule has 0 aliphatic heterocycles. The molecule has 0 spiro atoms. The second-order valence-electron chi connectivity index (χ2n) is 5.43. The fourth-order valence-electron chi connectivity index (χ4n) is 1.51. The molecule has 128 valence electrons. The molecule has 0 aliphatic carbocycles. The zero-order valence-electron chi connectivity index (χ0n) is 14.4. The van der Waals surface area contributed by atoms with Gasteiger partial charge in [0.05, 0.1) is 0 Å². The van der Waals surface area contributed by atoms with Gasteiger partial charge in [0.25, 0.3) is 5.91 Å². The third-order valence-electron chi connectivity index (χ3n) is 2.36. The minimum absolute atomic E-state index is 0.258. The summed E-state index contributed by atoms with van der Waals surface area (Å²) in [6, 6.07) is 6.37. The summed E-state index contributed by atoms with van der Waals surface area (Å²) in [5.74, 6) is -0.301. The highest BCUT2D eigenvalue weighted by atomic mass is 16.6. The summed E-state index contributed by atoms with van der Waals surface area (Å²) in [6.45, 7) is 9.84. The maximum atomic E-state index is 11.8. The van der Waals surface area contributed by atoms with Crippen molar-refractivity contribution in [2.45, 2.75) is 40.2 Å². The van der Waals surface area contributed by atoms with Crippen LogP contribution < -0.4 is 10.6 Å². The predicted octanol–water partition coefficient (Wildman–Crippen LogP) is 2.78. The van der Waals surface area contributed by atoms with E-state index in [1.54, 1.807) is 39.0 Å². The van der Waals surface area contributed by atoms with Crippen LogP contribution in [0.15, 0.2) is 24.3 Å². The van der Waals surface area contributed by atoms with Crippen LogP contribution in [0.5, 0.6) is 0 Å². The van der Waals surface area contributed by atoms with Gasteiger partial charge in [-0.3, -0.25) is 9.59 Å². The standard InChI is InChI=1S/C15H20N2O4.C2H6/c1-15(2,3)21-14(20)17-8-7-16-13(19)12-6-4-5-11(9-12)10-18;1-2/h4-6,9-10H,7-8H2,1-3H3,(H,16,19)(H,17,20);1-2H3. The van der Waals surface area contributed by atoms with E-state index in [9.17, 15) is 14.4 Å². The number of nitrogens with one attached hydrogen (secondary N) is 2. The summed E-state index contributed by atoms with van der Waals surface area (Å²) in [5, 5.41) is 5.18. The molecule has 2 N–H and O–H groups in total. The molecule has 0 bridgehead atoms. The number of carbonyl (C=O) groups is 3. The lowest BCUT2D eigenvalue weighted by molar-refractivity contribution is 0.0526. The van der Waals surface area contributed by atoms with Crippen molar-refractivity contribution in [3.8, 4) is 0 Å². The Kier molecular flexibility index (Phi) is 9.30. The average Bonchev–Trinajstić information content (AvgIpc) is 2.51. The van der Waals surface area contributed by atoms with Crippen LogP contribution in [-0.2, 0) is 4.74 Å². The molecule has 1 aromatic rings. The summed E-state index contributed by atoms with van der Waals surface area (Å²) < 4.78 is 5.06. The van der Waals surface area contributed by atoms with Crippen molar-refractivity contribution in [3.63, 3.8) is 0 Å². The van der Waals surface area contributed by atoms with Gasteiger partial charge in [0, 0.05) is 24.2 Å². The fraction of sp³-hybridized carbons (Fsp3) is 0.471. The number of benzene rings is 1. The number of alkyl carbamates (subject to hydrolysis) is 1. The van der Waals surface area contributed by atoms with Crippen LogP contribution in [0.1, 0.15) is 55.3 Å². The number of ether oxygens (including phenoxy) is 1. The molecule has 0 radical (unpaired) electrons. The molecule has 0 heterocycles. The fourth-order valence-corrected chi connectivity index (χ4v) is 1.51. The Morgan fingerprint density at radius 2 is 1.74 bits per heavy atom. The molecule has 6 heteroatoms. The van der Waals surface area contributed by atoms with Gasteiger partial charge in [-0.1, -0.05) is 26.0 Å². The zero-order chi connectivity index (χ0) is 17.9. The highest BCUT2D eigenvalue weighted by Crippen LogP contribution is 2.06. The van der Waals surface area contributed by atoms with Crippen LogP contribution >= 0.6 is 0 Å². The molecule has 0 saturated heterocycles. The maximum absolute atomic E-state index is 11.8. The van der Waals surface area contributed by atoms with E-state index in [1.165, 1.54) is 6.07 Å². The minimum atomic E-state index is -0.553. The van der Waals surface area contributed by atoms with Crippen LogP contribution in [0.25, 0.3) is 0 Å². The first-order chi connectivity index (χ1) is 10.8. The van der Waals surface area contributed by atoms with E-state index in [1.807, 2.05) is 13.8 Å². The Balaban J connectivity index is 0.00000232. The van der Waals surface area contributed by atoms with Gasteiger partial charge in [-0.25, -0.2) is 4.79 Å². The second kappa shape index (κ2) is 10.4. The highest BCUT2D eigenvalue weighted by molar-refractivity contribution is 5.95.